The van der Waals surface area contributed by atoms with Crippen LogP contribution in [-0.4, -0.2) is 27.8 Å². The number of nitrogens with one attached hydrogen (secondary N) is 1. The molecule has 126 valence electrons. The number of aromatic nitrogens is 3. The highest BCUT2D eigenvalue weighted by Crippen LogP contribution is 2.48. The van der Waals surface area contributed by atoms with Crippen molar-refractivity contribution in [1.29, 1.82) is 0 Å². The van der Waals surface area contributed by atoms with Crippen LogP contribution in [0, 0.1) is 5.92 Å². The van der Waals surface area contributed by atoms with Gasteiger partial charge in [-0.1, -0.05) is 18.2 Å². The first kappa shape index (κ1) is 15.4. The lowest BCUT2D eigenvalue weighted by Crippen LogP contribution is -2.14. The van der Waals surface area contributed by atoms with Gasteiger partial charge in [0.25, 0.3) is 0 Å². The first-order chi connectivity index (χ1) is 12.2. The van der Waals surface area contributed by atoms with Gasteiger partial charge in [-0.05, 0) is 48.2 Å². The number of anilines is 1. The van der Waals surface area contributed by atoms with Crippen molar-refractivity contribution in [1.82, 2.24) is 14.8 Å². The second-order valence-corrected chi connectivity index (χ2v) is 6.13. The summed E-state index contributed by atoms with van der Waals surface area (Å²) in [5.74, 6) is 1.19. The summed E-state index contributed by atoms with van der Waals surface area (Å²) >= 11 is 0. The molecule has 0 bridgehead atoms. The molecule has 0 radical (unpaired) electrons. The molecule has 0 aliphatic heterocycles. The number of carbonyl (C=O) groups excluding carboxylic acids is 1. The van der Waals surface area contributed by atoms with E-state index in [4.69, 9.17) is 4.74 Å². The second kappa shape index (κ2) is 6.39. The van der Waals surface area contributed by atoms with Crippen molar-refractivity contribution < 1.29 is 9.53 Å². The number of nitrogens with zero attached hydrogens (tertiary/aromatic N) is 3. The largest absolute Gasteiger partial charge is 0.497 e. The number of hydrogen-bond donors (Lipinski definition) is 1. The van der Waals surface area contributed by atoms with Crippen LogP contribution < -0.4 is 10.1 Å². The number of ether oxygens (including phenoxy) is 1. The van der Waals surface area contributed by atoms with E-state index in [1.54, 1.807) is 24.3 Å². The maximum atomic E-state index is 12.5. The van der Waals surface area contributed by atoms with Gasteiger partial charge in [0.15, 0.2) is 0 Å². The Balaban J connectivity index is 1.42. The molecule has 0 spiro atoms. The predicted octanol–water partition coefficient (Wildman–Crippen LogP) is 3.02. The molecule has 0 saturated heterocycles. The average Bonchev–Trinajstić information content (AvgIpc) is 3.27. The quantitative estimate of drug-likeness (QED) is 0.779. The Bertz CT molecular complexity index is 875. The monoisotopic (exact) mass is 334 g/mol. The molecule has 4 rings (SSSR count). The maximum Gasteiger partial charge on any atom is 0.228 e. The molecule has 1 saturated carbocycles. The SMILES string of the molecule is COc1ccc([C@@H]2C[C@H]2C(=O)Nc2cccc(-n3cnnc3)c2)cc1. The number of rotatable bonds is 5. The van der Waals surface area contributed by atoms with E-state index in [2.05, 4.69) is 15.5 Å². The van der Waals surface area contributed by atoms with Crippen LogP contribution >= 0.6 is 0 Å². The van der Waals surface area contributed by atoms with Crippen LogP contribution in [0.3, 0.4) is 0 Å². The minimum Gasteiger partial charge on any atom is -0.497 e. The van der Waals surface area contributed by atoms with Gasteiger partial charge in [-0.25, -0.2) is 0 Å². The van der Waals surface area contributed by atoms with Gasteiger partial charge in [0, 0.05) is 11.6 Å². The molecule has 2 aromatic carbocycles. The van der Waals surface area contributed by atoms with Crippen molar-refractivity contribution in [3.8, 4) is 11.4 Å². The van der Waals surface area contributed by atoms with Crippen molar-refractivity contribution in [2.75, 3.05) is 12.4 Å². The third-order valence-corrected chi connectivity index (χ3v) is 4.50. The van der Waals surface area contributed by atoms with Crippen molar-refractivity contribution in [2.24, 2.45) is 5.92 Å². The lowest BCUT2D eigenvalue weighted by Gasteiger charge is -2.08. The van der Waals surface area contributed by atoms with Crippen LogP contribution in [0.5, 0.6) is 5.75 Å². The van der Waals surface area contributed by atoms with Gasteiger partial charge in [-0.2, -0.15) is 0 Å². The Morgan fingerprint density at radius 1 is 1.16 bits per heavy atom. The van der Waals surface area contributed by atoms with E-state index in [-0.39, 0.29) is 17.7 Å². The topological polar surface area (TPSA) is 69.0 Å². The van der Waals surface area contributed by atoms with E-state index < -0.39 is 0 Å². The van der Waals surface area contributed by atoms with E-state index in [1.807, 2.05) is 48.5 Å². The molecular formula is C19H18N4O2. The van der Waals surface area contributed by atoms with Crippen molar-refractivity contribution in [3.05, 3.63) is 66.7 Å². The summed E-state index contributed by atoms with van der Waals surface area (Å²) in [6, 6.07) is 15.6. The maximum absolute atomic E-state index is 12.5. The molecule has 25 heavy (non-hydrogen) atoms. The van der Waals surface area contributed by atoms with Crippen molar-refractivity contribution in [3.63, 3.8) is 0 Å². The molecule has 1 heterocycles. The van der Waals surface area contributed by atoms with E-state index in [0.29, 0.717) is 0 Å². The summed E-state index contributed by atoms with van der Waals surface area (Å²) in [4.78, 5) is 12.5. The minimum absolute atomic E-state index is 0.0203. The number of methoxy groups -OCH3 is 1. The van der Waals surface area contributed by atoms with Crippen LogP contribution in [0.1, 0.15) is 17.9 Å². The van der Waals surface area contributed by atoms with E-state index in [9.17, 15) is 4.79 Å². The number of benzene rings is 2. The highest BCUT2D eigenvalue weighted by molar-refractivity contribution is 5.95. The van der Waals surface area contributed by atoms with E-state index >= 15 is 0 Å². The molecule has 1 aliphatic carbocycles. The zero-order chi connectivity index (χ0) is 17.2. The van der Waals surface area contributed by atoms with Crippen LogP contribution in [0.15, 0.2) is 61.2 Å². The first-order valence-electron chi connectivity index (χ1n) is 8.14. The summed E-state index contributed by atoms with van der Waals surface area (Å²) in [6.45, 7) is 0. The summed E-state index contributed by atoms with van der Waals surface area (Å²) in [7, 11) is 1.65. The van der Waals surface area contributed by atoms with Gasteiger partial charge in [-0.3, -0.25) is 9.36 Å². The van der Waals surface area contributed by atoms with Gasteiger partial charge >= 0.3 is 0 Å². The molecule has 1 aromatic heterocycles. The summed E-state index contributed by atoms with van der Waals surface area (Å²) < 4.78 is 6.97. The van der Waals surface area contributed by atoms with Crippen LogP contribution in [-0.2, 0) is 4.79 Å². The van der Waals surface area contributed by atoms with E-state index in [0.717, 1.165) is 23.5 Å². The summed E-state index contributed by atoms with van der Waals surface area (Å²) in [6.07, 6.45) is 4.13. The zero-order valence-corrected chi connectivity index (χ0v) is 13.8. The first-order valence-corrected chi connectivity index (χ1v) is 8.14. The molecule has 1 N–H and O–H groups in total. The number of hydrogen-bond acceptors (Lipinski definition) is 4. The number of amides is 1. The Morgan fingerprint density at radius 2 is 1.92 bits per heavy atom. The molecule has 6 heteroatoms. The Labute approximate surface area is 145 Å². The van der Waals surface area contributed by atoms with Crippen molar-refractivity contribution in [2.45, 2.75) is 12.3 Å². The summed E-state index contributed by atoms with van der Waals surface area (Å²) in [5.41, 5.74) is 2.86. The fraction of sp³-hybridized carbons (Fsp3) is 0.211. The molecule has 1 amide bonds. The third kappa shape index (κ3) is 3.24. The fourth-order valence-corrected chi connectivity index (χ4v) is 3.02. The molecular weight excluding hydrogens is 316 g/mol. The van der Waals surface area contributed by atoms with Gasteiger partial charge in [-0.15, -0.1) is 10.2 Å². The molecule has 6 nitrogen and oxygen atoms in total. The van der Waals surface area contributed by atoms with Crippen molar-refractivity contribution >= 4 is 11.6 Å². The Kier molecular flexibility index (Phi) is 3.93. The van der Waals surface area contributed by atoms with E-state index in [1.165, 1.54) is 5.56 Å². The van der Waals surface area contributed by atoms with Gasteiger partial charge < -0.3 is 10.1 Å². The second-order valence-electron chi connectivity index (χ2n) is 6.13. The van der Waals surface area contributed by atoms with Gasteiger partial charge in [0.05, 0.1) is 12.8 Å². The van der Waals surface area contributed by atoms with Crippen LogP contribution in [0.4, 0.5) is 5.69 Å². The minimum atomic E-state index is 0.0203. The molecule has 3 aromatic rings. The fourth-order valence-electron chi connectivity index (χ4n) is 3.02. The molecule has 1 fully saturated rings. The van der Waals surface area contributed by atoms with Crippen LogP contribution in [0.25, 0.3) is 5.69 Å². The molecule has 1 aliphatic rings. The summed E-state index contributed by atoms with van der Waals surface area (Å²) in [5, 5.41) is 10.6. The lowest BCUT2D eigenvalue weighted by molar-refractivity contribution is -0.117. The Hall–Kier alpha value is -3.15. The van der Waals surface area contributed by atoms with Gasteiger partial charge in [0.2, 0.25) is 5.91 Å². The lowest BCUT2D eigenvalue weighted by atomic mass is 10.1. The highest BCUT2D eigenvalue weighted by atomic mass is 16.5. The average molecular weight is 334 g/mol. The highest BCUT2D eigenvalue weighted by Gasteiger charge is 2.43. The molecule has 0 unspecified atom stereocenters. The zero-order valence-electron chi connectivity index (χ0n) is 13.8. The standard InChI is InChI=1S/C19H18N4O2/c1-25-16-7-5-13(6-8-16)17-10-18(17)19(24)22-14-3-2-4-15(9-14)23-11-20-21-12-23/h2-9,11-12,17-18H,10H2,1H3,(H,22,24)/t17-,18+/m0/s1. The third-order valence-electron chi connectivity index (χ3n) is 4.50. The van der Waals surface area contributed by atoms with Gasteiger partial charge in [0.1, 0.15) is 18.4 Å². The smallest absolute Gasteiger partial charge is 0.228 e. The molecule has 2 atom stereocenters. The normalized spacial score (nSPS) is 18.6. The Morgan fingerprint density at radius 3 is 2.64 bits per heavy atom. The van der Waals surface area contributed by atoms with Crippen LogP contribution in [0.2, 0.25) is 0 Å². The number of carbonyl (C=O) groups is 1. The predicted molar refractivity (Wildman–Crippen MR) is 93.8 cm³/mol.